The van der Waals surface area contributed by atoms with Crippen molar-refractivity contribution in [3.63, 3.8) is 0 Å². The zero-order valence-corrected chi connectivity index (χ0v) is 11.3. The van der Waals surface area contributed by atoms with Crippen LogP contribution >= 0.6 is 0 Å². The Morgan fingerprint density at radius 2 is 2.35 bits per heavy atom. The van der Waals surface area contributed by atoms with Gasteiger partial charge in [0.1, 0.15) is 0 Å². The minimum atomic E-state index is -0.338. The van der Waals surface area contributed by atoms with E-state index in [1.165, 1.54) is 7.11 Å². The number of fused-ring (bicyclic) bond motifs is 1. The molecule has 0 radical (unpaired) electrons. The predicted molar refractivity (Wildman–Crippen MR) is 66.1 cm³/mol. The summed E-state index contributed by atoms with van der Waals surface area (Å²) in [5.41, 5.74) is 2.60. The van der Waals surface area contributed by atoms with Crippen molar-refractivity contribution in [1.29, 1.82) is 0 Å². The third kappa shape index (κ3) is 2.48. The van der Waals surface area contributed by atoms with Gasteiger partial charge in [0.05, 0.1) is 0 Å². The van der Waals surface area contributed by atoms with Crippen LogP contribution in [0.4, 0.5) is 17.1 Å². The fourth-order valence-electron chi connectivity index (χ4n) is 1.58. The van der Waals surface area contributed by atoms with Gasteiger partial charge in [-0.1, -0.05) is 0 Å². The summed E-state index contributed by atoms with van der Waals surface area (Å²) < 4.78 is 13.4. The molecule has 1 N–H and O–H groups in total. The van der Waals surface area contributed by atoms with Gasteiger partial charge >= 0.3 is 105 Å². The van der Waals surface area contributed by atoms with Gasteiger partial charge in [0.15, 0.2) is 0 Å². The molecule has 2 rings (SSSR count). The van der Waals surface area contributed by atoms with Crippen molar-refractivity contribution in [3.05, 3.63) is 18.2 Å². The second-order valence-electron chi connectivity index (χ2n) is 3.57. The number of hydrogen-bond acceptors (Lipinski definition) is 5. The number of carbonyl (C=O) groups is 1. The second kappa shape index (κ2) is 5.29. The number of ether oxygens (including phenoxy) is 1. The molecule has 1 aromatic rings. The monoisotopic (exact) mass is 299 g/mol. The Labute approximate surface area is 105 Å². The molecule has 0 aliphatic carbocycles. The summed E-state index contributed by atoms with van der Waals surface area (Å²) in [5, 5.41) is 3.16. The van der Waals surface area contributed by atoms with Gasteiger partial charge in [0.25, 0.3) is 0 Å². The van der Waals surface area contributed by atoms with Crippen molar-refractivity contribution in [2.45, 2.75) is 19.4 Å². The predicted octanol–water partition coefficient (Wildman–Crippen LogP) is 2.40. The van der Waals surface area contributed by atoms with Crippen LogP contribution in [0.3, 0.4) is 0 Å². The first-order chi connectivity index (χ1) is 8.26. The zero-order chi connectivity index (χ0) is 12.3. The molecule has 0 fully saturated rings. The van der Waals surface area contributed by atoms with Gasteiger partial charge in [-0.05, 0) is 0 Å². The third-order valence-electron chi connectivity index (χ3n) is 2.51. The standard InChI is InChI=1S/C11H13N3O2Se/c1-3-7(11(15)16-2)12-8-5-4-6-9-10(8)14-17-13-9/h4-7,12H,3H2,1-2H3. The molecule has 0 amide bonds. The van der Waals surface area contributed by atoms with E-state index < -0.39 is 0 Å². The number of rotatable bonds is 4. The van der Waals surface area contributed by atoms with E-state index in [0.29, 0.717) is 6.42 Å². The summed E-state index contributed by atoms with van der Waals surface area (Å²) in [4.78, 5) is 11.5. The van der Waals surface area contributed by atoms with Gasteiger partial charge in [0.2, 0.25) is 0 Å². The van der Waals surface area contributed by atoms with E-state index >= 15 is 0 Å². The van der Waals surface area contributed by atoms with Crippen LogP contribution in [0.25, 0.3) is 0 Å². The summed E-state index contributed by atoms with van der Waals surface area (Å²) in [7, 11) is 1.39. The molecular formula is C11H13N3O2Se. The molecule has 5 nitrogen and oxygen atoms in total. The number of esters is 1. The van der Waals surface area contributed by atoms with Gasteiger partial charge in [0, 0.05) is 0 Å². The Hall–Kier alpha value is -1.39. The van der Waals surface area contributed by atoms with Crippen LogP contribution in [0.5, 0.6) is 0 Å². The maximum atomic E-state index is 11.5. The number of anilines is 1. The van der Waals surface area contributed by atoms with E-state index in [9.17, 15) is 4.79 Å². The molecule has 90 valence electrons. The van der Waals surface area contributed by atoms with Gasteiger partial charge in [-0.3, -0.25) is 0 Å². The van der Waals surface area contributed by atoms with E-state index in [1.54, 1.807) is 0 Å². The molecule has 1 heterocycles. The number of methoxy groups -OCH3 is 1. The van der Waals surface area contributed by atoms with Crippen molar-refractivity contribution in [1.82, 2.24) is 0 Å². The van der Waals surface area contributed by atoms with Crippen LogP contribution in [0.2, 0.25) is 0 Å². The van der Waals surface area contributed by atoms with Crippen molar-refractivity contribution in [2.24, 2.45) is 7.92 Å². The molecule has 1 aromatic carbocycles. The average molecular weight is 298 g/mol. The maximum absolute atomic E-state index is 11.5. The fraction of sp³-hybridized carbons (Fsp3) is 0.364. The van der Waals surface area contributed by atoms with Crippen LogP contribution in [0.1, 0.15) is 13.3 Å². The first-order valence-corrected chi connectivity index (χ1v) is 6.85. The topological polar surface area (TPSA) is 63.0 Å². The number of carbonyl (C=O) groups excluding carboxylic acids is 1. The molecule has 0 saturated carbocycles. The van der Waals surface area contributed by atoms with E-state index in [0.717, 1.165) is 17.1 Å². The molecule has 1 aliphatic rings. The minimum absolute atomic E-state index is 0.0624. The summed E-state index contributed by atoms with van der Waals surface area (Å²) in [5.74, 6) is -0.259. The molecule has 0 saturated heterocycles. The van der Waals surface area contributed by atoms with E-state index in [2.05, 4.69) is 13.2 Å². The molecule has 1 atom stereocenters. The SMILES string of the molecule is CCC(Nc1cccc2c1N=[Se]=N2)C(=O)OC. The molecule has 0 spiro atoms. The Morgan fingerprint density at radius 1 is 1.53 bits per heavy atom. The van der Waals surface area contributed by atoms with Crippen molar-refractivity contribution >= 4 is 37.6 Å². The Bertz CT molecular complexity index is 509. The molecule has 1 aliphatic heterocycles. The van der Waals surface area contributed by atoms with Crippen LogP contribution < -0.4 is 5.32 Å². The first kappa shape index (κ1) is 12.1. The second-order valence-corrected chi connectivity index (χ2v) is 4.67. The van der Waals surface area contributed by atoms with Crippen LogP contribution in [0.15, 0.2) is 26.1 Å². The quantitative estimate of drug-likeness (QED) is 0.696. The molecule has 17 heavy (non-hydrogen) atoms. The van der Waals surface area contributed by atoms with Gasteiger partial charge in [-0.25, -0.2) is 0 Å². The van der Waals surface area contributed by atoms with E-state index in [1.807, 2.05) is 25.1 Å². The Kier molecular flexibility index (Phi) is 3.76. The summed E-state index contributed by atoms with van der Waals surface area (Å²) in [6.45, 7) is 1.93. The molecule has 0 aromatic heterocycles. The van der Waals surface area contributed by atoms with Gasteiger partial charge in [-0.15, -0.1) is 0 Å². The van der Waals surface area contributed by atoms with E-state index in [4.69, 9.17) is 4.74 Å². The summed E-state index contributed by atoms with van der Waals surface area (Å²) in [6.07, 6.45) is 0.665. The Balaban J connectivity index is 2.22. The summed E-state index contributed by atoms with van der Waals surface area (Å²) in [6, 6.07) is 5.41. The number of hydrogen-bond donors (Lipinski definition) is 1. The molecule has 1 unspecified atom stereocenters. The van der Waals surface area contributed by atoms with Crippen LogP contribution in [-0.2, 0) is 9.53 Å². The molecule has 6 heteroatoms. The number of benzene rings is 1. The summed E-state index contributed by atoms with van der Waals surface area (Å²) >= 11 is -0.0624. The van der Waals surface area contributed by atoms with E-state index in [-0.39, 0.29) is 26.6 Å². The zero-order valence-electron chi connectivity index (χ0n) is 9.64. The molecule has 0 bridgehead atoms. The van der Waals surface area contributed by atoms with Crippen LogP contribution in [0, 0.1) is 0 Å². The van der Waals surface area contributed by atoms with Crippen molar-refractivity contribution in [3.8, 4) is 0 Å². The fourth-order valence-corrected chi connectivity index (χ4v) is 2.73. The number of nitrogens with zero attached hydrogens (tertiary/aromatic N) is 2. The van der Waals surface area contributed by atoms with Crippen LogP contribution in [-0.4, -0.2) is 33.7 Å². The van der Waals surface area contributed by atoms with Crippen molar-refractivity contribution in [2.75, 3.05) is 12.4 Å². The van der Waals surface area contributed by atoms with Gasteiger partial charge < -0.3 is 0 Å². The number of nitrogens with one attached hydrogen (secondary N) is 1. The van der Waals surface area contributed by atoms with Gasteiger partial charge in [-0.2, -0.15) is 0 Å². The third-order valence-corrected chi connectivity index (χ3v) is 3.65. The normalized spacial score (nSPS) is 13.8. The van der Waals surface area contributed by atoms with Crippen molar-refractivity contribution < 1.29 is 9.53 Å². The molecular weight excluding hydrogens is 285 g/mol. The average Bonchev–Trinajstić information content (AvgIpc) is 2.83. The Morgan fingerprint density at radius 3 is 3.06 bits per heavy atom. The first-order valence-electron chi connectivity index (χ1n) is 5.32.